The van der Waals surface area contributed by atoms with E-state index >= 15 is 0 Å². The van der Waals surface area contributed by atoms with Crippen molar-refractivity contribution in [1.82, 2.24) is 5.01 Å². The van der Waals surface area contributed by atoms with Crippen LogP contribution >= 0.6 is 0 Å². The minimum absolute atomic E-state index is 0.0699. The van der Waals surface area contributed by atoms with E-state index in [0.29, 0.717) is 6.04 Å². The molecule has 0 aliphatic carbocycles. The van der Waals surface area contributed by atoms with Gasteiger partial charge in [0.15, 0.2) is 0 Å². The average molecular weight is 323 g/mol. The smallest absolute Gasteiger partial charge is 0.230 e. The van der Waals surface area contributed by atoms with Crippen LogP contribution in [0.1, 0.15) is 24.9 Å². The number of methoxy groups -OCH3 is 1. The van der Waals surface area contributed by atoms with Crippen LogP contribution in [0.3, 0.4) is 0 Å². The number of rotatable bonds is 6. The summed E-state index contributed by atoms with van der Waals surface area (Å²) in [5.74, 6) is 0.693. The summed E-state index contributed by atoms with van der Waals surface area (Å²) < 4.78 is 5.10. The second kappa shape index (κ2) is 7.17. The van der Waals surface area contributed by atoms with E-state index in [1.54, 1.807) is 7.11 Å². The lowest BCUT2D eigenvalue weighted by molar-refractivity contribution is -0.115. The van der Waals surface area contributed by atoms with Crippen molar-refractivity contribution < 1.29 is 9.53 Å². The predicted molar refractivity (Wildman–Crippen MR) is 95.2 cm³/mol. The first-order valence-electron chi connectivity index (χ1n) is 7.95. The van der Waals surface area contributed by atoms with E-state index in [1.165, 1.54) is 5.56 Å². The van der Waals surface area contributed by atoms with Gasteiger partial charge in [-0.15, -0.1) is 0 Å². The van der Waals surface area contributed by atoms with Crippen molar-refractivity contribution in [3.05, 3.63) is 60.2 Å². The van der Waals surface area contributed by atoms with Gasteiger partial charge in [0.2, 0.25) is 5.91 Å². The Hall–Kier alpha value is -2.82. The predicted octanol–water partition coefficient (Wildman–Crippen LogP) is 3.46. The zero-order valence-electron chi connectivity index (χ0n) is 13.9. The van der Waals surface area contributed by atoms with Gasteiger partial charge in [-0.1, -0.05) is 30.3 Å². The molecule has 1 amide bonds. The lowest BCUT2D eigenvalue weighted by Crippen LogP contribution is -2.15. The van der Waals surface area contributed by atoms with Crippen molar-refractivity contribution in [3.8, 4) is 5.75 Å². The van der Waals surface area contributed by atoms with Crippen LogP contribution in [0.15, 0.2) is 59.7 Å². The Balaban J connectivity index is 1.51. The van der Waals surface area contributed by atoms with Crippen molar-refractivity contribution >= 4 is 17.3 Å². The van der Waals surface area contributed by atoms with Gasteiger partial charge < -0.3 is 10.1 Å². The van der Waals surface area contributed by atoms with Crippen LogP contribution < -0.4 is 10.1 Å². The Morgan fingerprint density at radius 2 is 1.92 bits per heavy atom. The molecule has 0 bridgehead atoms. The van der Waals surface area contributed by atoms with Crippen molar-refractivity contribution in [2.75, 3.05) is 19.0 Å². The number of hydrazone groups is 1. The highest BCUT2D eigenvalue weighted by Gasteiger charge is 2.34. The fourth-order valence-corrected chi connectivity index (χ4v) is 2.56. The Bertz CT molecular complexity index is 726. The monoisotopic (exact) mass is 323 g/mol. The molecule has 0 saturated carbocycles. The Morgan fingerprint density at radius 3 is 2.58 bits per heavy atom. The molecule has 124 valence electrons. The molecule has 1 fully saturated rings. The number of carbonyl (C=O) groups excluding carboxylic acids is 1. The SMILES string of the molecule is COc1ccc(NC(=O)C/C(C)=N\N2CC2c2ccccc2)cc1. The van der Waals surface area contributed by atoms with Crippen LogP contribution in [0, 0.1) is 0 Å². The van der Waals surface area contributed by atoms with Crippen LogP contribution in [-0.4, -0.2) is 30.3 Å². The second-order valence-corrected chi connectivity index (χ2v) is 5.84. The summed E-state index contributed by atoms with van der Waals surface area (Å²) >= 11 is 0. The highest BCUT2D eigenvalue weighted by atomic mass is 16.5. The molecule has 1 unspecified atom stereocenters. The van der Waals surface area contributed by atoms with Gasteiger partial charge in [-0.05, 0) is 36.8 Å². The third-order valence-corrected chi connectivity index (χ3v) is 3.86. The molecule has 2 aromatic rings. The maximum absolute atomic E-state index is 12.1. The first-order valence-corrected chi connectivity index (χ1v) is 7.95. The lowest BCUT2D eigenvalue weighted by Gasteiger charge is -2.07. The molecule has 1 atom stereocenters. The maximum Gasteiger partial charge on any atom is 0.230 e. The van der Waals surface area contributed by atoms with E-state index in [9.17, 15) is 4.79 Å². The molecular weight excluding hydrogens is 302 g/mol. The normalized spacial score (nSPS) is 16.7. The van der Waals surface area contributed by atoms with Crippen LogP contribution in [0.25, 0.3) is 0 Å². The van der Waals surface area contributed by atoms with Crippen molar-refractivity contribution in [2.24, 2.45) is 5.10 Å². The zero-order valence-corrected chi connectivity index (χ0v) is 13.9. The van der Waals surface area contributed by atoms with Crippen LogP contribution in [0.4, 0.5) is 5.69 Å². The fraction of sp³-hybridized carbons (Fsp3) is 0.263. The third kappa shape index (κ3) is 4.13. The first kappa shape index (κ1) is 16.1. The molecule has 1 N–H and O–H groups in total. The van der Waals surface area contributed by atoms with Crippen LogP contribution in [-0.2, 0) is 4.79 Å². The van der Waals surface area contributed by atoms with Gasteiger partial charge in [-0.3, -0.25) is 9.80 Å². The summed E-state index contributed by atoms with van der Waals surface area (Å²) in [7, 11) is 1.61. The van der Waals surface area contributed by atoms with Crippen LogP contribution in [0.5, 0.6) is 5.75 Å². The van der Waals surface area contributed by atoms with E-state index in [4.69, 9.17) is 4.74 Å². The standard InChI is InChI=1S/C19H21N3O2/c1-14(21-22-13-18(22)15-6-4-3-5-7-15)12-19(23)20-16-8-10-17(24-2)11-9-16/h3-11,18H,12-13H2,1-2H3,(H,20,23)/b21-14-. The Labute approximate surface area is 141 Å². The number of nitrogens with zero attached hydrogens (tertiary/aromatic N) is 2. The number of benzene rings is 2. The molecule has 1 aliphatic heterocycles. The first-order chi connectivity index (χ1) is 11.7. The number of ether oxygens (including phenoxy) is 1. The Morgan fingerprint density at radius 1 is 1.21 bits per heavy atom. The van der Waals surface area contributed by atoms with E-state index in [0.717, 1.165) is 23.7 Å². The Kier molecular flexibility index (Phi) is 4.79. The second-order valence-electron chi connectivity index (χ2n) is 5.84. The minimum Gasteiger partial charge on any atom is -0.497 e. The molecule has 24 heavy (non-hydrogen) atoms. The number of carbonyl (C=O) groups is 1. The van der Waals surface area contributed by atoms with Crippen molar-refractivity contribution in [1.29, 1.82) is 0 Å². The zero-order chi connectivity index (χ0) is 16.9. The molecule has 1 aliphatic rings. The van der Waals surface area contributed by atoms with Crippen molar-refractivity contribution in [2.45, 2.75) is 19.4 Å². The third-order valence-electron chi connectivity index (χ3n) is 3.86. The minimum atomic E-state index is -0.0699. The number of hydrogen-bond acceptors (Lipinski definition) is 4. The van der Waals surface area contributed by atoms with Crippen molar-refractivity contribution in [3.63, 3.8) is 0 Å². The molecule has 0 aromatic heterocycles. The van der Waals surface area contributed by atoms with Gasteiger partial charge in [0.25, 0.3) is 0 Å². The fourth-order valence-electron chi connectivity index (χ4n) is 2.56. The van der Waals surface area contributed by atoms with Gasteiger partial charge >= 0.3 is 0 Å². The molecule has 1 saturated heterocycles. The molecule has 3 rings (SSSR count). The molecule has 0 spiro atoms. The summed E-state index contributed by atoms with van der Waals surface area (Å²) in [6.07, 6.45) is 0.282. The van der Waals surface area contributed by atoms with Gasteiger partial charge in [-0.25, -0.2) is 0 Å². The topological polar surface area (TPSA) is 53.7 Å². The summed E-state index contributed by atoms with van der Waals surface area (Å²) in [5.41, 5.74) is 2.82. The van der Waals surface area contributed by atoms with E-state index in [2.05, 4.69) is 22.6 Å². The van der Waals surface area contributed by atoms with E-state index < -0.39 is 0 Å². The van der Waals surface area contributed by atoms with E-state index in [1.807, 2.05) is 54.4 Å². The van der Waals surface area contributed by atoms with E-state index in [-0.39, 0.29) is 12.3 Å². The van der Waals surface area contributed by atoms with Gasteiger partial charge in [0.1, 0.15) is 5.75 Å². The molecule has 5 heteroatoms. The molecule has 5 nitrogen and oxygen atoms in total. The number of amides is 1. The molecule has 0 radical (unpaired) electrons. The largest absolute Gasteiger partial charge is 0.497 e. The summed E-state index contributed by atoms with van der Waals surface area (Å²) in [4.78, 5) is 12.1. The molecular formula is C19H21N3O2. The highest BCUT2D eigenvalue weighted by molar-refractivity contribution is 6.05. The quantitative estimate of drug-likeness (QED) is 0.654. The average Bonchev–Trinajstić information content (AvgIpc) is 3.35. The number of hydrogen-bond donors (Lipinski definition) is 1. The summed E-state index contributed by atoms with van der Waals surface area (Å²) in [5, 5.41) is 9.40. The molecule has 2 aromatic carbocycles. The van der Waals surface area contributed by atoms with Crippen LogP contribution in [0.2, 0.25) is 0 Å². The van der Waals surface area contributed by atoms with Gasteiger partial charge in [0, 0.05) is 11.4 Å². The van der Waals surface area contributed by atoms with Gasteiger partial charge in [-0.2, -0.15) is 5.10 Å². The lowest BCUT2D eigenvalue weighted by atomic mass is 10.2. The summed E-state index contributed by atoms with van der Waals surface area (Å²) in [6, 6.07) is 17.9. The molecule has 1 heterocycles. The maximum atomic E-state index is 12.1. The number of nitrogens with one attached hydrogen (secondary N) is 1. The number of anilines is 1. The highest BCUT2D eigenvalue weighted by Crippen LogP contribution is 2.34. The van der Waals surface area contributed by atoms with Gasteiger partial charge in [0.05, 0.1) is 26.1 Å². The summed E-state index contributed by atoms with van der Waals surface area (Å²) in [6.45, 7) is 2.79.